The Kier molecular flexibility index (Phi) is 6.10. The van der Waals surface area contributed by atoms with Gasteiger partial charge >= 0.3 is 21.1 Å². The van der Waals surface area contributed by atoms with Gasteiger partial charge in [-0.3, -0.25) is 4.57 Å². The molecule has 0 unspecified atom stereocenters. The van der Waals surface area contributed by atoms with Crippen LogP contribution in [0.5, 0.6) is 0 Å². The Labute approximate surface area is 252 Å². The van der Waals surface area contributed by atoms with Crippen molar-refractivity contribution in [3.8, 4) is 22.6 Å². The predicted molar refractivity (Wildman–Crippen MR) is 163 cm³/mol. The van der Waals surface area contributed by atoms with Crippen molar-refractivity contribution in [1.82, 2.24) is 19.1 Å². The van der Waals surface area contributed by atoms with E-state index in [-0.39, 0.29) is 21.1 Å². The number of hydrogen-bond donors (Lipinski definition) is 0. The zero-order valence-corrected chi connectivity index (χ0v) is 24.8. The van der Waals surface area contributed by atoms with Crippen molar-refractivity contribution < 1.29 is 21.1 Å². The third-order valence-corrected chi connectivity index (χ3v) is 7.67. The fourth-order valence-corrected chi connectivity index (χ4v) is 5.85. The minimum absolute atomic E-state index is 0. The largest absolute Gasteiger partial charge is 2.00 e. The maximum absolute atomic E-state index is 5.42. The van der Waals surface area contributed by atoms with E-state index in [0.717, 1.165) is 55.7 Å². The molecule has 4 heterocycles. The molecule has 0 atom stereocenters. The zero-order chi connectivity index (χ0) is 26.8. The summed E-state index contributed by atoms with van der Waals surface area (Å²) in [5.41, 5.74) is 9.39. The van der Waals surface area contributed by atoms with Crippen LogP contribution in [0.4, 0.5) is 0 Å². The van der Waals surface area contributed by atoms with Gasteiger partial charge in [-0.15, -0.1) is 12.1 Å². The van der Waals surface area contributed by atoms with Gasteiger partial charge in [-0.05, 0) is 62.0 Å². The normalized spacial score (nSPS) is 11.5. The summed E-state index contributed by atoms with van der Waals surface area (Å²) in [5, 5.41) is 4.60. The van der Waals surface area contributed by atoms with Crippen molar-refractivity contribution in [1.29, 1.82) is 0 Å². The molecular weight excluding hydrogens is 684 g/mol. The van der Waals surface area contributed by atoms with Crippen LogP contribution in [-0.2, 0) is 21.1 Å². The van der Waals surface area contributed by atoms with Gasteiger partial charge in [0.05, 0.1) is 11.0 Å². The van der Waals surface area contributed by atoms with Crippen LogP contribution >= 0.6 is 0 Å². The molecule has 5 heteroatoms. The molecule has 0 aliphatic carbocycles. The topological polar surface area (TPSA) is 35.6 Å². The number of fused-ring (bicyclic) bond motifs is 6. The molecule has 0 aliphatic heterocycles. The first-order valence-corrected chi connectivity index (χ1v) is 13.4. The van der Waals surface area contributed by atoms with E-state index < -0.39 is 0 Å². The average molecular weight is 708 g/mol. The first-order chi connectivity index (χ1) is 19.7. The van der Waals surface area contributed by atoms with Crippen molar-refractivity contribution >= 4 is 43.9 Å². The third-order valence-electron chi connectivity index (χ3n) is 7.67. The van der Waals surface area contributed by atoms with Gasteiger partial charge in [0.15, 0.2) is 0 Å². The number of hydrogen-bond acceptors (Lipinski definition) is 2. The van der Waals surface area contributed by atoms with E-state index in [0.29, 0.717) is 0 Å². The maximum Gasteiger partial charge on any atom is 2.00 e. The molecule has 4 nitrogen and oxygen atoms in total. The summed E-state index contributed by atoms with van der Waals surface area (Å²) >= 11 is 0. The van der Waals surface area contributed by atoms with E-state index in [9.17, 15) is 0 Å². The Bertz CT molecular complexity index is 2230. The van der Waals surface area contributed by atoms with Crippen molar-refractivity contribution in [2.45, 2.75) is 13.8 Å². The molecule has 0 spiro atoms. The molecule has 4 aromatic heterocycles. The maximum atomic E-state index is 5.42. The van der Waals surface area contributed by atoms with Crippen molar-refractivity contribution in [2.75, 3.05) is 0 Å². The Morgan fingerprint density at radius 3 is 1.98 bits per heavy atom. The fraction of sp³-hybridized carbons (Fsp3) is 0.0556. The molecule has 0 radical (unpaired) electrons. The smallest absolute Gasteiger partial charge is 0.313 e. The Hall–Kier alpha value is -4.53. The van der Waals surface area contributed by atoms with Gasteiger partial charge in [-0.1, -0.05) is 29.3 Å². The zero-order valence-electron chi connectivity index (χ0n) is 22.5. The van der Waals surface area contributed by atoms with Gasteiger partial charge in [0.1, 0.15) is 17.1 Å². The number of nitrogens with zero attached hydrogens (tertiary/aromatic N) is 4. The summed E-state index contributed by atoms with van der Waals surface area (Å²) in [5.74, 6) is 0.852. The number of rotatable bonds is 3. The van der Waals surface area contributed by atoms with E-state index in [1.807, 2.05) is 42.6 Å². The molecular formula is C36H24N4Pt. The van der Waals surface area contributed by atoms with Crippen LogP contribution in [0.3, 0.4) is 0 Å². The van der Waals surface area contributed by atoms with Crippen LogP contribution in [-0.4, -0.2) is 19.1 Å². The van der Waals surface area contributed by atoms with Crippen LogP contribution < -0.4 is 0 Å². The number of benzene rings is 4. The quantitative estimate of drug-likeness (QED) is 0.173. The molecule has 198 valence electrons. The van der Waals surface area contributed by atoms with Gasteiger partial charge in [0.25, 0.3) is 0 Å². The number of aryl methyl sites for hydroxylation is 2. The van der Waals surface area contributed by atoms with E-state index in [1.165, 1.54) is 21.9 Å². The van der Waals surface area contributed by atoms with Crippen LogP contribution in [0.1, 0.15) is 11.1 Å². The van der Waals surface area contributed by atoms with E-state index in [4.69, 9.17) is 9.97 Å². The van der Waals surface area contributed by atoms with Crippen molar-refractivity contribution in [3.63, 3.8) is 0 Å². The second kappa shape index (κ2) is 9.83. The average Bonchev–Trinajstić information content (AvgIpc) is 3.48. The first-order valence-electron chi connectivity index (χ1n) is 13.4. The van der Waals surface area contributed by atoms with Gasteiger partial charge in [-0.25, -0.2) is 21.1 Å². The monoisotopic (exact) mass is 707 g/mol. The molecule has 41 heavy (non-hydrogen) atoms. The molecule has 0 saturated heterocycles. The van der Waals surface area contributed by atoms with Crippen molar-refractivity contribution in [3.05, 3.63) is 133 Å². The van der Waals surface area contributed by atoms with Crippen LogP contribution in [0.15, 0.2) is 109 Å². The summed E-state index contributed by atoms with van der Waals surface area (Å²) in [4.78, 5) is 10.1. The molecule has 0 amide bonds. The third kappa shape index (κ3) is 4.02. The molecule has 0 aliphatic rings. The summed E-state index contributed by atoms with van der Waals surface area (Å²) in [7, 11) is 0. The number of pyridine rings is 2. The second-order valence-electron chi connectivity index (χ2n) is 10.4. The summed E-state index contributed by atoms with van der Waals surface area (Å²) in [6, 6.07) is 42.8. The van der Waals surface area contributed by atoms with Gasteiger partial charge < -0.3 is 4.57 Å². The summed E-state index contributed by atoms with van der Waals surface area (Å²) in [6.45, 7) is 4.28. The summed E-state index contributed by atoms with van der Waals surface area (Å²) < 4.78 is 4.41. The minimum atomic E-state index is 0. The SMILES string of the molecule is Cc1ccc2c(c1)c1cc3c4cc(C)ccc4n(-c4ccccn4)c3nc1n2-c1[c-]c(-c2[c-]cccc2)ccc1.[Pt+2]. The van der Waals surface area contributed by atoms with E-state index >= 15 is 0 Å². The minimum Gasteiger partial charge on any atom is -0.313 e. The number of aromatic nitrogens is 4. The van der Waals surface area contributed by atoms with Crippen LogP contribution in [0.2, 0.25) is 0 Å². The first kappa shape index (κ1) is 25.4. The standard InChI is InChI=1S/C36H24N4.Pt/c1-23-14-16-32-28(19-23)30-22-31-29-20-24(2)15-17-33(29)40(34-13-6-7-18-37-34)36(31)38-35(30)39(32)27-12-8-11-26(21-27)25-9-4-3-5-10-25;/h3-9,11-20,22H,1-2H3;/q-2;+2. The van der Waals surface area contributed by atoms with Gasteiger partial charge in [-0.2, -0.15) is 42.5 Å². The molecule has 0 N–H and O–H groups in total. The molecule has 4 aromatic carbocycles. The van der Waals surface area contributed by atoms with E-state index in [2.05, 4.69) is 102 Å². The van der Waals surface area contributed by atoms with Crippen LogP contribution in [0.25, 0.3) is 66.5 Å². The molecule has 0 fully saturated rings. The van der Waals surface area contributed by atoms with Crippen LogP contribution in [0, 0.1) is 26.0 Å². The van der Waals surface area contributed by atoms with E-state index in [1.54, 1.807) is 0 Å². The summed E-state index contributed by atoms with van der Waals surface area (Å²) in [6.07, 6.45) is 1.83. The molecule has 8 rings (SSSR count). The Morgan fingerprint density at radius 2 is 1.29 bits per heavy atom. The van der Waals surface area contributed by atoms with Crippen molar-refractivity contribution in [2.24, 2.45) is 0 Å². The fourth-order valence-electron chi connectivity index (χ4n) is 5.85. The Balaban J connectivity index is 0.00000276. The molecule has 8 aromatic rings. The Morgan fingerprint density at radius 1 is 0.610 bits per heavy atom. The molecule has 0 saturated carbocycles. The second-order valence-corrected chi connectivity index (χ2v) is 10.4. The van der Waals surface area contributed by atoms with Gasteiger partial charge in [0, 0.05) is 27.7 Å². The van der Waals surface area contributed by atoms with Gasteiger partial charge in [0.2, 0.25) is 0 Å². The molecule has 0 bridgehead atoms. The predicted octanol–water partition coefficient (Wildman–Crippen LogP) is 8.55.